The van der Waals surface area contributed by atoms with Crippen LogP contribution in [0.15, 0.2) is 24.3 Å². The summed E-state index contributed by atoms with van der Waals surface area (Å²) in [5.41, 5.74) is 0. The van der Waals surface area contributed by atoms with Crippen molar-refractivity contribution in [3.05, 3.63) is 24.3 Å². The molecular formula is C57H109NO5. The second-order valence-electron chi connectivity index (χ2n) is 19.3. The molecule has 0 spiro atoms. The summed E-state index contributed by atoms with van der Waals surface area (Å²) in [6.45, 7) is 4.83. The first-order valence-corrected chi connectivity index (χ1v) is 28.1. The van der Waals surface area contributed by atoms with E-state index in [0.717, 1.165) is 77.0 Å². The molecule has 3 N–H and O–H groups in total. The third-order valence-electron chi connectivity index (χ3n) is 13.0. The molecule has 0 aromatic heterocycles. The molecule has 63 heavy (non-hydrogen) atoms. The van der Waals surface area contributed by atoms with Crippen LogP contribution in [0.25, 0.3) is 0 Å². The van der Waals surface area contributed by atoms with E-state index in [-0.39, 0.29) is 18.5 Å². The highest BCUT2D eigenvalue weighted by molar-refractivity contribution is 5.76. The van der Waals surface area contributed by atoms with Crippen LogP contribution in [0, 0.1) is 0 Å². The second-order valence-corrected chi connectivity index (χ2v) is 19.3. The van der Waals surface area contributed by atoms with Crippen LogP contribution < -0.4 is 5.32 Å². The van der Waals surface area contributed by atoms with Gasteiger partial charge < -0.3 is 20.3 Å². The van der Waals surface area contributed by atoms with E-state index in [0.29, 0.717) is 19.4 Å². The van der Waals surface area contributed by atoms with Crippen molar-refractivity contribution in [1.29, 1.82) is 0 Å². The van der Waals surface area contributed by atoms with Gasteiger partial charge in [0.1, 0.15) is 0 Å². The van der Waals surface area contributed by atoms with E-state index in [2.05, 4.69) is 31.3 Å². The summed E-state index contributed by atoms with van der Waals surface area (Å²) >= 11 is 0. The van der Waals surface area contributed by atoms with Gasteiger partial charge in [-0.15, -0.1) is 0 Å². The summed E-state index contributed by atoms with van der Waals surface area (Å²) in [6, 6.07) is -0.653. The number of esters is 1. The SMILES string of the molecule is CCCCCCCCCCCCCCCCCC/C=C/C(O)C(CO)NC(=O)CCCCCC/C=C\CCCCOC(=O)CCCCCCCCCCCCCCCCCCCC. The van der Waals surface area contributed by atoms with Gasteiger partial charge in [0, 0.05) is 12.8 Å². The molecule has 0 aliphatic carbocycles. The Labute approximate surface area is 392 Å². The topological polar surface area (TPSA) is 95.9 Å². The average Bonchev–Trinajstić information content (AvgIpc) is 3.28. The van der Waals surface area contributed by atoms with Gasteiger partial charge in [-0.2, -0.15) is 0 Å². The standard InChI is InChI=1S/C57H109NO5/c1-3-5-7-9-11-13-15-17-19-21-23-25-27-29-33-37-41-45-49-55(60)54(53-59)58-56(61)50-46-42-38-34-31-32-36-40-44-48-52-63-57(62)51-47-43-39-35-30-28-26-24-22-20-18-16-14-12-10-8-6-4-2/h32,36,45,49,54-55,59-60H,3-31,33-35,37-44,46-48,50-53H2,1-2H3,(H,58,61)/b36-32-,49-45+. The molecule has 6 heteroatoms. The van der Waals surface area contributed by atoms with Crippen molar-refractivity contribution in [1.82, 2.24) is 5.32 Å². The van der Waals surface area contributed by atoms with Crippen LogP contribution in [0.3, 0.4) is 0 Å². The highest BCUT2D eigenvalue weighted by atomic mass is 16.5. The van der Waals surface area contributed by atoms with Crippen molar-refractivity contribution in [3.8, 4) is 0 Å². The molecule has 0 aliphatic heterocycles. The number of allylic oxidation sites excluding steroid dienone is 3. The van der Waals surface area contributed by atoms with Crippen molar-refractivity contribution in [2.24, 2.45) is 0 Å². The molecule has 1 amide bonds. The molecule has 0 aliphatic rings. The summed E-state index contributed by atoms with van der Waals surface area (Å²) in [5.74, 6) is -0.135. The minimum absolute atomic E-state index is 0.0338. The minimum atomic E-state index is -0.866. The summed E-state index contributed by atoms with van der Waals surface area (Å²) in [4.78, 5) is 24.5. The molecule has 372 valence electrons. The lowest BCUT2D eigenvalue weighted by atomic mass is 10.0. The number of aliphatic hydroxyl groups excluding tert-OH is 2. The van der Waals surface area contributed by atoms with Crippen LogP contribution in [0.2, 0.25) is 0 Å². The maximum Gasteiger partial charge on any atom is 0.305 e. The fourth-order valence-corrected chi connectivity index (χ4v) is 8.63. The Balaban J connectivity index is 3.53. The van der Waals surface area contributed by atoms with Gasteiger partial charge in [-0.25, -0.2) is 0 Å². The van der Waals surface area contributed by atoms with Gasteiger partial charge >= 0.3 is 5.97 Å². The van der Waals surface area contributed by atoms with Crippen molar-refractivity contribution < 1.29 is 24.5 Å². The molecule has 0 bridgehead atoms. The number of carbonyl (C=O) groups is 2. The van der Waals surface area contributed by atoms with E-state index in [9.17, 15) is 19.8 Å². The lowest BCUT2D eigenvalue weighted by Gasteiger charge is -2.20. The van der Waals surface area contributed by atoms with E-state index in [1.807, 2.05) is 6.08 Å². The first-order chi connectivity index (χ1) is 31.0. The number of unbranched alkanes of at least 4 members (excludes halogenated alkanes) is 39. The van der Waals surface area contributed by atoms with E-state index in [4.69, 9.17) is 4.74 Å². The number of aliphatic hydroxyl groups is 2. The number of hydrogen-bond donors (Lipinski definition) is 3. The number of rotatable bonds is 52. The zero-order chi connectivity index (χ0) is 45.8. The quantitative estimate of drug-likeness (QED) is 0.0321. The molecule has 6 nitrogen and oxygen atoms in total. The third kappa shape index (κ3) is 49.6. The molecule has 0 aromatic carbocycles. The number of nitrogens with one attached hydrogen (secondary N) is 1. The number of ether oxygens (including phenoxy) is 1. The molecule has 0 heterocycles. The molecular weight excluding hydrogens is 779 g/mol. The molecule has 0 saturated carbocycles. The smallest absolute Gasteiger partial charge is 0.305 e. The summed E-state index contributed by atoms with van der Waals surface area (Å²) in [6.07, 6.45) is 63.4. The number of hydrogen-bond acceptors (Lipinski definition) is 5. The lowest BCUT2D eigenvalue weighted by Crippen LogP contribution is -2.45. The van der Waals surface area contributed by atoms with E-state index in [1.165, 1.54) is 199 Å². The number of carbonyl (C=O) groups excluding carboxylic acids is 2. The van der Waals surface area contributed by atoms with E-state index >= 15 is 0 Å². The number of amides is 1. The first-order valence-electron chi connectivity index (χ1n) is 28.1. The lowest BCUT2D eigenvalue weighted by molar-refractivity contribution is -0.143. The Morgan fingerprint density at radius 3 is 1.13 bits per heavy atom. The van der Waals surface area contributed by atoms with Gasteiger partial charge in [-0.3, -0.25) is 9.59 Å². The second kappa shape index (κ2) is 53.0. The maximum absolute atomic E-state index is 12.4. The Hall–Kier alpha value is -1.66. The van der Waals surface area contributed by atoms with E-state index in [1.54, 1.807) is 6.08 Å². The highest BCUT2D eigenvalue weighted by Crippen LogP contribution is 2.17. The van der Waals surface area contributed by atoms with Gasteiger partial charge in [-0.05, 0) is 57.8 Å². The fourth-order valence-electron chi connectivity index (χ4n) is 8.63. The van der Waals surface area contributed by atoms with Crippen molar-refractivity contribution in [3.63, 3.8) is 0 Å². The van der Waals surface area contributed by atoms with E-state index < -0.39 is 12.1 Å². The Morgan fingerprint density at radius 2 is 0.746 bits per heavy atom. The monoisotopic (exact) mass is 888 g/mol. The third-order valence-corrected chi connectivity index (χ3v) is 13.0. The van der Waals surface area contributed by atoms with Crippen LogP contribution in [0.1, 0.15) is 303 Å². The van der Waals surface area contributed by atoms with Crippen molar-refractivity contribution in [2.75, 3.05) is 13.2 Å². The molecule has 2 unspecified atom stereocenters. The van der Waals surface area contributed by atoms with Crippen LogP contribution >= 0.6 is 0 Å². The van der Waals surface area contributed by atoms with Crippen LogP contribution in [0.5, 0.6) is 0 Å². The molecule has 0 aromatic rings. The highest BCUT2D eigenvalue weighted by Gasteiger charge is 2.18. The predicted molar refractivity (Wildman–Crippen MR) is 273 cm³/mol. The molecule has 0 radical (unpaired) electrons. The van der Waals surface area contributed by atoms with Gasteiger partial charge in [0.05, 0.1) is 25.4 Å². The summed E-state index contributed by atoms with van der Waals surface area (Å²) < 4.78 is 5.45. The maximum atomic E-state index is 12.4. The van der Waals surface area contributed by atoms with Crippen LogP contribution in [0.4, 0.5) is 0 Å². The average molecular weight is 889 g/mol. The normalized spacial score (nSPS) is 12.8. The zero-order valence-electron chi connectivity index (χ0n) is 42.3. The Bertz CT molecular complexity index is 982. The van der Waals surface area contributed by atoms with Gasteiger partial charge in [0.2, 0.25) is 5.91 Å². The molecule has 0 saturated heterocycles. The van der Waals surface area contributed by atoms with Crippen LogP contribution in [-0.2, 0) is 14.3 Å². The fraction of sp³-hybridized carbons (Fsp3) is 0.895. The minimum Gasteiger partial charge on any atom is -0.466 e. The van der Waals surface area contributed by atoms with Crippen molar-refractivity contribution >= 4 is 11.9 Å². The zero-order valence-corrected chi connectivity index (χ0v) is 42.3. The predicted octanol–water partition coefficient (Wildman–Crippen LogP) is 17.1. The molecule has 0 fully saturated rings. The largest absolute Gasteiger partial charge is 0.466 e. The first kappa shape index (κ1) is 61.3. The van der Waals surface area contributed by atoms with Crippen molar-refractivity contribution in [2.45, 2.75) is 315 Å². The summed E-state index contributed by atoms with van der Waals surface area (Å²) in [7, 11) is 0. The summed E-state index contributed by atoms with van der Waals surface area (Å²) in [5, 5.41) is 23.1. The molecule has 0 rings (SSSR count). The van der Waals surface area contributed by atoms with Crippen LogP contribution in [-0.4, -0.2) is 47.4 Å². The Kier molecular flexibility index (Phi) is 51.6. The molecule has 2 atom stereocenters. The van der Waals surface area contributed by atoms with Gasteiger partial charge in [0.15, 0.2) is 0 Å². The Morgan fingerprint density at radius 1 is 0.429 bits per heavy atom. The van der Waals surface area contributed by atoms with Gasteiger partial charge in [0.25, 0.3) is 0 Å². The van der Waals surface area contributed by atoms with Gasteiger partial charge in [-0.1, -0.05) is 256 Å².